The normalized spacial score (nSPS) is 10.5. The lowest BCUT2D eigenvalue weighted by Crippen LogP contribution is -1.95. The molecule has 18 heavy (non-hydrogen) atoms. The molecule has 0 saturated heterocycles. The van der Waals surface area contributed by atoms with Crippen LogP contribution in [0.3, 0.4) is 0 Å². The van der Waals surface area contributed by atoms with E-state index in [9.17, 15) is 0 Å². The smallest absolute Gasteiger partial charge is 0.156 e. The van der Waals surface area contributed by atoms with Gasteiger partial charge in [-0.2, -0.15) is 0 Å². The molecule has 1 heterocycles. The first-order valence-electron chi connectivity index (χ1n) is 5.75. The largest absolute Gasteiger partial charge is 0.494 e. The molecule has 0 fully saturated rings. The summed E-state index contributed by atoms with van der Waals surface area (Å²) in [7, 11) is 1.66. The van der Waals surface area contributed by atoms with Crippen LogP contribution in [0.4, 0.5) is 0 Å². The van der Waals surface area contributed by atoms with Crippen LogP contribution in [-0.2, 0) is 0 Å². The molecule has 0 atom stereocenters. The van der Waals surface area contributed by atoms with Gasteiger partial charge in [-0.25, -0.2) is 0 Å². The van der Waals surface area contributed by atoms with Crippen molar-refractivity contribution in [1.82, 2.24) is 10.2 Å². The van der Waals surface area contributed by atoms with Crippen LogP contribution in [0.1, 0.15) is 0 Å². The van der Waals surface area contributed by atoms with Crippen LogP contribution >= 0.6 is 0 Å². The fraction of sp³-hybridized carbons (Fsp3) is 0.0667. The molecule has 0 N–H and O–H groups in total. The Balaban J connectivity index is 2.31. The van der Waals surface area contributed by atoms with E-state index in [-0.39, 0.29) is 0 Å². The Kier molecular flexibility index (Phi) is 2.65. The van der Waals surface area contributed by atoms with Crippen LogP contribution in [0.2, 0.25) is 0 Å². The molecule has 1 aromatic heterocycles. The summed E-state index contributed by atoms with van der Waals surface area (Å²) in [6.07, 6.45) is 0. The molecular formula is C15H12N2O. The Morgan fingerprint density at radius 1 is 0.833 bits per heavy atom. The Morgan fingerprint density at radius 3 is 2.33 bits per heavy atom. The number of nitrogens with zero attached hydrogens (tertiary/aromatic N) is 2. The number of benzene rings is 2. The highest BCUT2D eigenvalue weighted by Gasteiger charge is 2.12. The predicted octanol–water partition coefficient (Wildman–Crippen LogP) is 3.31. The molecule has 2 aromatic carbocycles. The molecule has 0 aliphatic rings. The first kappa shape index (κ1) is 10.7. The average Bonchev–Trinajstić information content (AvgIpc) is 2.47. The molecular weight excluding hydrogens is 224 g/mol. The highest BCUT2D eigenvalue weighted by atomic mass is 16.5. The van der Waals surface area contributed by atoms with Crippen molar-refractivity contribution in [3.05, 3.63) is 54.6 Å². The molecule has 0 bridgehead atoms. The van der Waals surface area contributed by atoms with Crippen molar-refractivity contribution < 1.29 is 4.74 Å². The minimum atomic E-state index is 0.770. The van der Waals surface area contributed by atoms with E-state index in [1.165, 1.54) is 0 Å². The first-order chi connectivity index (χ1) is 8.90. The number of rotatable bonds is 2. The van der Waals surface area contributed by atoms with Gasteiger partial charge >= 0.3 is 0 Å². The van der Waals surface area contributed by atoms with Crippen LogP contribution in [0, 0.1) is 0 Å². The lowest BCUT2D eigenvalue weighted by atomic mass is 10.1. The Bertz CT molecular complexity index is 680. The minimum absolute atomic E-state index is 0.770. The van der Waals surface area contributed by atoms with Gasteiger partial charge in [0.2, 0.25) is 0 Å². The van der Waals surface area contributed by atoms with E-state index < -0.39 is 0 Å². The van der Waals surface area contributed by atoms with Crippen molar-refractivity contribution in [2.24, 2.45) is 0 Å². The van der Waals surface area contributed by atoms with Gasteiger partial charge in [0.1, 0.15) is 5.69 Å². The molecule has 0 saturated carbocycles. The van der Waals surface area contributed by atoms with Crippen molar-refractivity contribution in [1.29, 1.82) is 0 Å². The molecule has 0 aliphatic heterocycles. The summed E-state index contributed by atoms with van der Waals surface area (Å²) < 4.78 is 5.51. The van der Waals surface area contributed by atoms with Gasteiger partial charge in [-0.1, -0.05) is 42.5 Å². The van der Waals surface area contributed by atoms with E-state index in [0.717, 1.165) is 27.9 Å². The van der Waals surface area contributed by atoms with E-state index in [0.29, 0.717) is 0 Å². The maximum absolute atomic E-state index is 5.51. The van der Waals surface area contributed by atoms with Crippen molar-refractivity contribution in [3.8, 4) is 17.0 Å². The van der Waals surface area contributed by atoms with Gasteiger partial charge in [0.25, 0.3) is 0 Å². The first-order valence-corrected chi connectivity index (χ1v) is 5.75. The Morgan fingerprint density at radius 2 is 1.56 bits per heavy atom. The molecule has 88 valence electrons. The van der Waals surface area contributed by atoms with Gasteiger partial charge < -0.3 is 4.74 Å². The summed E-state index contributed by atoms with van der Waals surface area (Å²) >= 11 is 0. The molecule has 3 heteroatoms. The number of aromatic nitrogens is 2. The van der Waals surface area contributed by atoms with Crippen molar-refractivity contribution in [2.75, 3.05) is 7.11 Å². The van der Waals surface area contributed by atoms with Crippen molar-refractivity contribution in [3.63, 3.8) is 0 Å². The summed E-state index contributed by atoms with van der Waals surface area (Å²) in [5.41, 5.74) is 2.62. The van der Waals surface area contributed by atoms with Crippen molar-refractivity contribution in [2.45, 2.75) is 0 Å². The Labute approximate surface area is 105 Å². The molecule has 0 amide bonds. The maximum Gasteiger partial charge on any atom is 0.156 e. The topological polar surface area (TPSA) is 35.0 Å². The average molecular weight is 236 g/mol. The second kappa shape index (κ2) is 4.45. The predicted molar refractivity (Wildman–Crippen MR) is 71.5 cm³/mol. The van der Waals surface area contributed by atoms with Crippen LogP contribution in [0.15, 0.2) is 54.6 Å². The minimum Gasteiger partial charge on any atom is -0.494 e. The zero-order valence-corrected chi connectivity index (χ0v) is 10.00. The third kappa shape index (κ3) is 1.70. The number of ether oxygens (including phenoxy) is 1. The van der Waals surface area contributed by atoms with E-state index in [1.807, 2.05) is 54.6 Å². The lowest BCUT2D eigenvalue weighted by Gasteiger charge is -2.09. The molecule has 0 radical (unpaired) electrons. The fourth-order valence-corrected chi connectivity index (χ4v) is 2.02. The second-order valence-electron chi connectivity index (χ2n) is 3.97. The van der Waals surface area contributed by atoms with Gasteiger partial charge in [0, 0.05) is 10.9 Å². The summed E-state index contributed by atoms with van der Waals surface area (Å²) in [5.74, 6) is 0.770. The van der Waals surface area contributed by atoms with Gasteiger partial charge in [-0.3, -0.25) is 0 Å². The maximum atomic E-state index is 5.51. The standard InChI is InChI=1S/C15H12N2O/c1-18-15-12-9-5-6-10-13(12)16-17-14(15)11-7-3-2-4-8-11/h2-10H,1H3. The molecule has 3 rings (SSSR count). The summed E-state index contributed by atoms with van der Waals surface area (Å²) in [5, 5.41) is 9.49. The van der Waals surface area contributed by atoms with Crippen LogP contribution in [0.5, 0.6) is 5.75 Å². The van der Waals surface area contributed by atoms with E-state index >= 15 is 0 Å². The third-order valence-electron chi connectivity index (χ3n) is 2.87. The highest BCUT2D eigenvalue weighted by molar-refractivity contribution is 5.90. The van der Waals surface area contributed by atoms with Gasteiger partial charge in [-0.15, -0.1) is 10.2 Å². The third-order valence-corrected chi connectivity index (χ3v) is 2.87. The lowest BCUT2D eigenvalue weighted by molar-refractivity contribution is 0.419. The Hall–Kier alpha value is -2.42. The van der Waals surface area contributed by atoms with Crippen LogP contribution in [-0.4, -0.2) is 17.3 Å². The van der Waals surface area contributed by atoms with Crippen molar-refractivity contribution >= 4 is 10.9 Å². The fourth-order valence-electron chi connectivity index (χ4n) is 2.02. The molecule has 3 nitrogen and oxygen atoms in total. The van der Waals surface area contributed by atoms with Crippen LogP contribution < -0.4 is 4.74 Å². The molecule has 3 aromatic rings. The van der Waals surface area contributed by atoms with E-state index in [4.69, 9.17) is 4.74 Å². The number of hydrogen-bond acceptors (Lipinski definition) is 3. The summed E-state index contributed by atoms with van der Waals surface area (Å²) in [6.45, 7) is 0. The second-order valence-corrected chi connectivity index (χ2v) is 3.97. The van der Waals surface area contributed by atoms with Gasteiger partial charge in [-0.05, 0) is 12.1 Å². The van der Waals surface area contributed by atoms with Crippen LogP contribution in [0.25, 0.3) is 22.2 Å². The zero-order chi connectivity index (χ0) is 12.4. The molecule has 0 spiro atoms. The number of fused-ring (bicyclic) bond motifs is 1. The summed E-state index contributed by atoms with van der Waals surface area (Å²) in [4.78, 5) is 0. The summed E-state index contributed by atoms with van der Waals surface area (Å²) in [6, 6.07) is 17.8. The quantitative estimate of drug-likeness (QED) is 0.684. The molecule has 0 aliphatic carbocycles. The highest BCUT2D eigenvalue weighted by Crippen LogP contribution is 2.33. The number of hydrogen-bond donors (Lipinski definition) is 0. The SMILES string of the molecule is COc1c(-c2ccccc2)nnc2ccccc12. The monoisotopic (exact) mass is 236 g/mol. The van der Waals surface area contributed by atoms with E-state index in [1.54, 1.807) is 7.11 Å². The number of methoxy groups -OCH3 is 1. The van der Waals surface area contributed by atoms with Gasteiger partial charge in [0.05, 0.1) is 12.6 Å². The van der Waals surface area contributed by atoms with Gasteiger partial charge in [0.15, 0.2) is 5.75 Å². The molecule has 0 unspecified atom stereocenters. The van der Waals surface area contributed by atoms with E-state index in [2.05, 4.69) is 10.2 Å². The zero-order valence-electron chi connectivity index (χ0n) is 10.00.